The quantitative estimate of drug-likeness (QED) is 0.798. The number of nitrogens with one attached hydrogen (secondary N) is 1. The zero-order valence-electron chi connectivity index (χ0n) is 15.1. The largest absolute Gasteiger partial charge is 0.497 e. The van der Waals surface area contributed by atoms with Crippen LogP contribution in [-0.4, -0.2) is 31.8 Å². The van der Waals surface area contributed by atoms with Crippen LogP contribution in [0.25, 0.3) is 0 Å². The van der Waals surface area contributed by atoms with E-state index in [4.69, 9.17) is 14.2 Å². The standard InChI is InChI=1S/C20H25NO4/c1-14-8-5-6-11-19(14)24-13-15(2)21-20(22)16(3)25-18-10-7-9-17(12-18)23-4/h5-12,15-16H,13H2,1-4H3,(H,21,22)/t15-,16+/m0/s1. The molecule has 0 saturated heterocycles. The molecule has 0 unspecified atom stereocenters. The minimum Gasteiger partial charge on any atom is -0.497 e. The number of amides is 1. The second kappa shape index (κ2) is 8.97. The number of benzene rings is 2. The number of carbonyl (C=O) groups is 1. The Bertz CT molecular complexity index is 702. The molecule has 0 aromatic heterocycles. The van der Waals surface area contributed by atoms with Crippen LogP contribution in [-0.2, 0) is 4.79 Å². The number of para-hydroxylation sites is 1. The summed E-state index contributed by atoms with van der Waals surface area (Å²) in [6.07, 6.45) is -0.618. The predicted molar refractivity (Wildman–Crippen MR) is 97.4 cm³/mol. The number of methoxy groups -OCH3 is 1. The first kappa shape index (κ1) is 18.6. The summed E-state index contributed by atoms with van der Waals surface area (Å²) < 4.78 is 16.6. The van der Waals surface area contributed by atoms with E-state index in [9.17, 15) is 4.79 Å². The van der Waals surface area contributed by atoms with Crippen molar-refractivity contribution in [3.8, 4) is 17.2 Å². The number of carbonyl (C=O) groups excluding carboxylic acids is 1. The smallest absolute Gasteiger partial charge is 0.261 e. The fourth-order valence-electron chi connectivity index (χ4n) is 2.27. The van der Waals surface area contributed by atoms with Crippen LogP contribution in [0.4, 0.5) is 0 Å². The molecule has 2 aromatic rings. The maximum absolute atomic E-state index is 12.3. The molecule has 0 spiro atoms. The Morgan fingerprint density at radius 1 is 1.08 bits per heavy atom. The molecule has 0 aliphatic rings. The molecule has 0 bridgehead atoms. The molecular weight excluding hydrogens is 318 g/mol. The first-order valence-corrected chi connectivity index (χ1v) is 8.29. The number of hydrogen-bond donors (Lipinski definition) is 1. The summed E-state index contributed by atoms with van der Waals surface area (Å²) in [6.45, 7) is 5.99. The lowest BCUT2D eigenvalue weighted by molar-refractivity contribution is -0.128. The average molecular weight is 343 g/mol. The van der Waals surface area contributed by atoms with Crippen LogP contribution < -0.4 is 19.5 Å². The second-order valence-electron chi connectivity index (χ2n) is 5.93. The molecule has 0 fully saturated rings. The fraction of sp³-hybridized carbons (Fsp3) is 0.350. The maximum atomic E-state index is 12.3. The SMILES string of the molecule is COc1cccc(O[C@H](C)C(=O)N[C@@H](C)COc2ccccc2C)c1. The lowest BCUT2D eigenvalue weighted by Crippen LogP contribution is -2.43. The topological polar surface area (TPSA) is 56.8 Å². The van der Waals surface area contributed by atoms with E-state index < -0.39 is 6.10 Å². The van der Waals surface area contributed by atoms with E-state index in [2.05, 4.69) is 5.32 Å². The summed E-state index contributed by atoms with van der Waals surface area (Å²) in [5.41, 5.74) is 1.07. The van der Waals surface area contributed by atoms with Gasteiger partial charge in [0.15, 0.2) is 6.10 Å². The van der Waals surface area contributed by atoms with Gasteiger partial charge in [-0.15, -0.1) is 0 Å². The van der Waals surface area contributed by atoms with Crippen LogP contribution in [0.2, 0.25) is 0 Å². The minimum absolute atomic E-state index is 0.136. The van der Waals surface area contributed by atoms with Gasteiger partial charge in [0.2, 0.25) is 0 Å². The highest BCUT2D eigenvalue weighted by atomic mass is 16.5. The normalized spacial score (nSPS) is 12.8. The van der Waals surface area contributed by atoms with Gasteiger partial charge in [-0.3, -0.25) is 4.79 Å². The van der Waals surface area contributed by atoms with E-state index in [1.165, 1.54) is 0 Å². The zero-order chi connectivity index (χ0) is 18.2. The number of aryl methyl sites for hydroxylation is 1. The van der Waals surface area contributed by atoms with Crippen molar-refractivity contribution in [3.05, 3.63) is 54.1 Å². The van der Waals surface area contributed by atoms with Gasteiger partial charge in [-0.05, 0) is 44.5 Å². The molecule has 0 aliphatic carbocycles. The lowest BCUT2D eigenvalue weighted by atomic mass is 10.2. The van der Waals surface area contributed by atoms with Crippen molar-refractivity contribution in [2.45, 2.75) is 32.9 Å². The Kier molecular flexibility index (Phi) is 6.69. The summed E-state index contributed by atoms with van der Waals surface area (Å²) in [7, 11) is 1.59. The van der Waals surface area contributed by atoms with Crippen LogP contribution in [0, 0.1) is 6.92 Å². The van der Waals surface area contributed by atoms with Gasteiger partial charge in [-0.25, -0.2) is 0 Å². The van der Waals surface area contributed by atoms with Gasteiger partial charge in [0.05, 0.1) is 13.2 Å². The highest BCUT2D eigenvalue weighted by Crippen LogP contribution is 2.20. The molecule has 0 aliphatic heterocycles. The molecule has 134 valence electrons. The van der Waals surface area contributed by atoms with Crippen molar-refractivity contribution < 1.29 is 19.0 Å². The summed E-state index contributed by atoms with van der Waals surface area (Å²) in [5.74, 6) is 1.91. The predicted octanol–water partition coefficient (Wildman–Crippen LogP) is 3.35. The van der Waals surface area contributed by atoms with Gasteiger partial charge in [-0.2, -0.15) is 0 Å². The van der Waals surface area contributed by atoms with E-state index in [-0.39, 0.29) is 11.9 Å². The van der Waals surface area contributed by atoms with Gasteiger partial charge in [0.25, 0.3) is 5.91 Å². The van der Waals surface area contributed by atoms with E-state index >= 15 is 0 Å². The van der Waals surface area contributed by atoms with Gasteiger partial charge in [-0.1, -0.05) is 24.3 Å². The molecule has 5 heteroatoms. The van der Waals surface area contributed by atoms with Crippen molar-refractivity contribution in [1.29, 1.82) is 0 Å². The van der Waals surface area contributed by atoms with Crippen molar-refractivity contribution in [1.82, 2.24) is 5.32 Å². The Morgan fingerprint density at radius 3 is 2.52 bits per heavy atom. The first-order valence-electron chi connectivity index (χ1n) is 8.29. The van der Waals surface area contributed by atoms with Crippen molar-refractivity contribution in [2.24, 2.45) is 0 Å². The zero-order valence-corrected chi connectivity index (χ0v) is 15.1. The van der Waals surface area contributed by atoms with Crippen molar-refractivity contribution >= 4 is 5.91 Å². The monoisotopic (exact) mass is 343 g/mol. The van der Waals surface area contributed by atoms with Crippen LogP contribution in [0.15, 0.2) is 48.5 Å². The van der Waals surface area contributed by atoms with Crippen LogP contribution in [0.3, 0.4) is 0 Å². The summed E-state index contributed by atoms with van der Waals surface area (Å²) in [6, 6.07) is 14.8. The van der Waals surface area contributed by atoms with Gasteiger partial charge >= 0.3 is 0 Å². The van der Waals surface area contributed by atoms with Gasteiger partial charge in [0.1, 0.15) is 23.9 Å². The minimum atomic E-state index is -0.618. The Morgan fingerprint density at radius 2 is 1.80 bits per heavy atom. The fourth-order valence-corrected chi connectivity index (χ4v) is 2.27. The Hall–Kier alpha value is -2.69. The summed E-state index contributed by atoms with van der Waals surface area (Å²) >= 11 is 0. The molecule has 1 N–H and O–H groups in total. The van der Waals surface area contributed by atoms with E-state index in [0.717, 1.165) is 11.3 Å². The molecule has 0 heterocycles. The lowest BCUT2D eigenvalue weighted by Gasteiger charge is -2.19. The maximum Gasteiger partial charge on any atom is 0.261 e. The summed E-state index contributed by atoms with van der Waals surface area (Å²) in [4.78, 5) is 12.3. The molecule has 25 heavy (non-hydrogen) atoms. The third kappa shape index (κ3) is 5.71. The van der Waals surface area contributed by atoms with Crippen LogP contribution >= 0.6 is 0 Å². The number of rotatable bonds is 8. The molecule has 0 radical (unpaired) electrons. The molecule has 2 rings (SSSR count). The molecule has 5 nitrogen and oxygen atoms in total. The first-order chi connectivity index (χ1) is 12.0. The molecule has 0 saturated carbocycles. The van der Waals surface area contributed by atoms with Crippen LogP contribution in [0.1, 0.15) is 19.4 Å². The van der Waals surface area contributed by atoms with Crippen LogP contribution in [0.5, 0.6) is 17.2 Å². The van der Waals surface area contributed by atoms with E-state index in [0.29, 0.717) is 18.1 Å². The van der Waals surface area contributed by atoms with Gasteiger partial charge in [0, 0.05) is 6.07 Å². The Labute approximate surface area is 148 Å². The van der Waals surface area contributed by atoms with E-state index in [1.807, 2.05) is 50.2 Å². The van der Waals surface area contributed by atoms with Crippen molar-refractivity contribution in [3.63, 3.8) is 0 Å². The third-order valence-electron chi connectivity index (χ3n) is 3.69. The highest BCUT2D eigenvalue weighted by Gasteiger charge is 2.17. The molecule has 2 atom stereocenters. The summed E-state index contributed by atoms with van der Waals surface area (Å²) in [5, 5.41) is 2.90. The average Bonchev–Trinajstić information content (AvgIpc) is 2.61. The second-order valence-corrected chi connectivity index (χ2v) is 5.93. The molecule has 2 aromatic carbocycles. The van der Waals surface area contributed by atoms with Gasteiger partial charge < -0.3 is 19.5 Å². The number of ether oxygens (including phenoxy) is 3. The molecule has 1 amide bonds. The van der Waals surface area contributed by atoms with Crippen molar-refractivity contribution in [2.75, 3.05) is 13.7 Å². The number of hydrogen-bond acceptors (Lipinski definition) is 4. The Balaban J connectivity index is 1.82. The highest BCUT2D eigenvalue weighted by molar-refractivity contribution is 5.81. The molecular formula is C20H25NO4. The van der Waals surface area contributed by atoms with E-state index in [1.54, 1.807) is 26.2 Å². The third-order valence-corrected chi connectivity index (χ3v) is 3.69.